The number of hydrogen-bond donors (Lipinski definition) is 1. The zero-order valence-corrected chi connectivity index (χ0v) is 13.7. The minimum Gasteiger partial charge on any atom is -0.352 e. The van der Waals surface area contributed by atoms with E-state index in [0.717, 1.165) is 5.56 Å². The molecule has 1 amide bonds. The number of nitrogens with one attached hydrogen (secondary N) is 1. The lowest BCUT2D eigenvalue weighted by atomic mass is 10.1. The van der Waals surface area contributed by atoms with Crippen LogP contribution in [0.5, 0.6) is 0 Å². The summed E-state index contributed by atoms with van der Waals surface area (Å²) in [5.74, 6) is -0.272. The van der Waals surface area contributed by atoms with E-state index in [4.69, 9.17) is 46.4 Å². The van der Waals surface area contributed by atoms with E-state index in [-0.39, 0.29) is 16.2 Å². The number of nitrogens with zero attached hydrogens (tertiary/aromatic N) is 1. The van der Waals surface area contributed by atoms with Gasteiger partial charge in [0.15, 0.2) is 0 Å². The lowest BCUT2D eigenvalue weighted by molar-refractivity contribution is 0.0954. The maximum absolute atomic E-state index is 12.0. The van der Waals surface area contributed by atoms with Gasteiger partial charge in [0.25, 0.3) is 5.91 Å². The highest BCUT2D eigenvalue weighted by Crippen LogP contribution is 2.21. The molecule has 0 unspecified atom stereocenters. The fourth-order valence-electron chi connectivity index (χ4n) is 1.73. The predicted molar refractivity (Wildman–Crippen MR) is 86.8 cm³/mol. The van der Waals surface area contributed by atoms with Crippen molar-refractivity contribution in [2.24, 2.45) is 0 Å². The van der Waals surface area contributed by atoms with Crippen LogP contribution in [0.1, 0.15) is 15.9 Å². The van der Waals surface area contributed by atoms with Crippen LogP contribution in [-0.2, 0) is 6.42 Å². The van der Waals surface area contributed by atoms with Crippen molar-refractivity contribution >= 4 is 52.3 Å². The van der Waals surface area contributed by atoms with Crippen LogP contribution in [0.25, 0.3) is 0 Å². The Labute approximate surface area is 142 Å². The van der Waals surface area contributed by atoms with Crippen molar-refractivity contribution in [1.29, 1.82) is 0 Å². The number of carbonyl (C=O) groups is 1. The number of halogens is 4. The van der Waals surface area contributed by atoms with Crippen LogP contribution in [0.2, 0.25) is 20.4 Å². The molecule has 0 saturated heterocycles. The number of benzene rings is 1. The van der Waals surface area contributed by atoms with E-state index in [9.17, 15) is 4.79 Å². The highest BCUT2D eigenvalue weighted by atomic mass is 35.5. The van der Waals surface area contributed by atoms with E-state index in [1.165, 1.54) is 12.1 Å². The fourth-order valence-corrected chi connectivity index (χ4v) is 2.70. The SMILES string of the molecule is O=C(NCCc1ccc(Cl)cc1Cl)c1cc(Cl)nc(Cl)c1. The molecule has 2 aromatic rings. The van der Waals surface area contributed by atoms with Crippen molar-refractivity contribution in [3.63, 3.8) is 0 Å². The van der Waals surface area contributed by atoms with Crippen LogP contribution in [0.3, 0.4) is 0 Å². The molecule has 0 atom stereocenters. The highest BCUT2D eigenvalue weighted by Gasteiger charge is 2.09. The van der Waals surface area contributed by atoms with Gasteiger partial charge in [-0.15, -0.1) is 0 Å². The maximum atomic E-state index is 12.0. The summed E-state index contributed by atoms with van der Waals surface area (Å²) in [7, 11) is 0. The molecule has 0 aliphatic carbocycles. The number of pyridine rings is 1. The van der Waals surface area contributed by atoms with E-state index in [1.807, 2.05) is 6.07 Å². The van der Waals surface area contributed by atoms with Crippen LogP contribution in [0.15, 0.2) is 30.3 Å². The van der Waals surface area contributed by atoms with Gasteiger partial charge in [-0.1, -0.05) is 52.5 Å². The van der Waals surface area contributed by atoms with Gasteiger partial charge in [-0.3, -0.25) is 4.79 Å². The second kappa shape index (κ2) is 7.32. The first-order chi connectivity index (χ1) is 9.95. The molecule has 3 nitrogen and oxygen atoms in total. The lowest BCUT2D eigenvalue weighted by Crippen LogP contribution is -2.25. The molecule has 1 heterocycles. The summed E-state index contributed by atoms with van der Waals surface area (Å²) >= 11 is 23.4. The molecule has 0 bridgehead atoms. The summed E-state index contributed by atoms with van der Waals surface area (Å²) in [5.41, 5.74) is 1.27. The number of amides is 1. The van der Waals surface area contributed by atoms with Crippen LogP contribution in [0.4, 0.5) is 0 Å². The summed E-state index contributed by atoms with van der Waals surface area (Å²) in [6, 6.07) is 8.17. The van der Waals surface area contributed by atoms with Gasteiger partial charge in [-0.25, -0.2) is 4.98 Å². The maximum Gasteiger partial charge on any atom is 0.251 e. The third-order valence-electron chi connectivity index (χ3n) is 2.72. The van der Waals surface area contributed by atoms with Gasteiger partial charge in [0.2, 0.25) is 0 Å². The Morgan fingerprint density at radius 1 is 1.05 bits per heavy atom. The summed E-state index contributed by atoms with van der Waals surface area (Å²) in [5, 5.41) is 4.27. The minimum absolute atomic E-state index is 0.174. The second-order valence-electron chi connectivity index (χ2n) is 4.24. The number of carbonyl (C=O) groups excluding carboxylic acids is 1. The monoisotopic (exact) mass is 362 g/mol. The number of hydrogen-bond acceptors (Lipinski definition) is 2. The number of aromatic nitrogens is 1. The molecule has 0 spiro atoms. The van der Waals surface area contributed by atoms with E-state index in [0.29, 0.717) is 28.6 Å². The quantitative estimate of drug-likeness (QED) is 0.802. The van der Waals surface area contributed by atoms with Crippen molar-refractivity contribution in [3.8, 4) is 0 Å². The summed E-state index contributed by atoms with van der Waals surface area (Å²) in [6.45, 7) is 0.428. The number of rotatable bonds is 4. The largest absolute Gasteiger partial charge is 0.352 e. The van der Waals surface area contributed by atoms with Gasteiger partial charge < -0.3 is 5.32 Å². The molecule has 0 fully saturated rings. The van der Waals surface area contributed by atoms with Crippen LogP contribution < -0.4 is 5.32 Å². The van der Waals surface area contributed by atoms with Crippen molar-refractivity contribution in [1.82, 2.24) is 10.3 Å². The average molecular weight is 364 g/mol. The van der Waals surface area contributed by atoms with Gasteiger partial charge in [0, 0.05) is 22.2 Å². The standard InChI is InChI=1S/C14H10Cl4N2O/c15-10-2-1-8(11(16)7-10)3-4-19-14(21)9-5-12(17)20-13(18)6-9/h1-2,5-7H,3-4H2,(H,19,21). The Balaban J connectivity index is 1.95. The first kappa shape index (κ1) is 16.4. The summed E-state index contributed by atoms with van der Waals surface area (Å²) in [4.78, 5) is 15.8. The van der Waals surface area contributed by atoms with Crippen molar-refractivity contribution in [3.05, 3.63) is 61.8 Å². The van der Waals surface area contributed by atoms with Crippen LogP contribution in [-0.4, -0.2) is 17.4 Å². The van der Waals surface area contributed by atoms with E-state index < -0.39 is 0 Å². The molecule has 0 saturated carbocycles. The van der Waals surface area contributed by atoms with Crippen molar-refractivity contribution < 1.29 is 4.79 Å². The van der Waals surface area contributed by atoms with Crippen molar-refractivity contribution in [2.75, 3.05) is 6.54 Å². The summed E-state index contributed by atoms with van der Waals surface area (Å²) in [6.07, 6.45) is 0.592. The zero-order chi connectivity index (χ0) is 15.4. The van der Waals surface area contributed by atoms with Gasteiger partial charge in [-0.2, -0.15) is 0 Å². The molecule has 0 aliphatic heterocycles. The Morgan fingerprint density at radius 3 is 2.33 bits per heavy atom. The molecule has 2 rings (SSSR count). The normalized spacial score (nSPS) is 10.5. The Bertz CT molecular complexity index is 656. The fraction of sp³-hybridized carbons (Fsp3) is 0.143. The molecule has 0 radical (unpaired) electrons. The smallest absolute Gasteiger partial charge is 0.251 e. The topological polar surface area (TPSA) is 42.0 Å². The molecule has 0 aliphatic rings. The highest BCUT2D eigenvalue weighted by molar-refractivity contribution is 6.35. The average Bonchev–Trinajstić information content (AvgIpc) is 2.40. The van der Waals surface area contributed by atoms with Gasteiger partial charge >= 0.3 is 0 Å². The molecular formula is C14H10Cl4N2O. The van der Waals surface area contributed by atoms with Gasteiger partial charge in [0.05, 0.1) is 0 Å². The molecule has 1 aromatic carbocycles. The summed E-state index contributed by atoms with van der Waals surface area (Å²) < 4.78 is 0. The Morgan fingerprint density at radius 2 is 1.71 bits per heavy atom. The van der Waals surface area contributed by atoms with E-state index >= 15 is 0 Å². The molecule has 1 aromatic heterocycles. The predicted octanol–water partition coefficient (Wildman–Crippen LogP) is 4.67. The molecule has 7 heteroatoms. The Kier molecular flexibility index (Phi) is 5.71. The van der Waals surface area contributed by atoms with Crippen LogP contribution in [0, 0.1) is 0 Å². The van der Waals surface area contributed by atoms with Gasteiger partial charge in [0.1, 0.15) is 10.3 Å². The van der Waals surface area contributed by atoms with Crippen molar-refractivity contribution in [2.45, 2.75) is 6.42 Å². The lowest BCUT2D eigenvalue weighted by Gasteiger charge is -2.07. The first-order valence-corrected chi connectivity index (χ1v) is 7.52. The molecule has 110 valence electrons. The van der Waals surface area contributed by atoms with E-state index in [2.05, 4.69) is 10.3 Å². The Hall–Kier alpha value is -1.00. The van der Waals surface area contributed by atoms with Gasteiger partial charge in [-0.05, 0) is 36.2 Å². The molecular weight excluding hydrogens is 354 g/mol. The van der Waals surface area contributed by atoms with Crippen LogP contribution >= 0.6 is 46.4 Å². The third kappa shape index (κ3) is 4.75. The third-order valence-corrected chi connectivity index (χ3v) is 3.69. The minimum atomic E-state index is -0.272. The first-order valence-electron chi connectivity index (χ1n) is 6.01. The second-order valence-corrected chi connectivity index (χ2v) is 5.86. The van der Waals surface area contributed by atoms with E-state index in [1.54, 1.807) is 12.1 Å². The molecule has 1 N–H and O–H groups in total. The zero-order valence-electron chi connectivity index (χ0n) is 10.7. The molecule has 21 heavy (non-hydrogen) atoms.